The third-order valence-corrected chi connectivity index (χ3v) is 6.50. The van der Waals surface area contributed by atoms with Crippen LogP contribution < -0.4 is 0 Å². The van der Waals surface area contributed by atoms with Crippen molar-refractivity contribution in [3.63, 3.8) is 0 Å². The van der Waals surface area contributed by atoms with E-state index in [0.29, 0.717) is 6.54 Å². The van der Waals surface area contributed by atoms with Crippen molar-refractivity contribution in [3.05, 3.63) is 71.0 Å². The molecule has 1 aliphatic carbocycles. The monoisotopic (exact) mass is 391 g/mol. The first-order valence-corrected chi connectivity index (χ1v) is 10.7. The lowest BCUT2D eigenvalue weighted by Crippen LogP contribution is -2.41. The Morgan fingerprint density at radius 1 is 1.03 bits per heavy atom. The van der Waals surface area contributed by atoms with Crippen LogP contribution >= 0.6 is 0 Å². The maximum Gasteiger partial charge on any atom is 0.257 e. The zero-order valence-electron chi connectivity index (χ0n) is 16.6. The Morgan fingerprint density at radius 3 is 2.59 bits per heavy atom. The third kappa shape index (κ3) is 3.48. The van der Waals surface area contributed by atoms with Crippen LogP contribution in [0.25, 0.3) is 0 Å². The molecular formula is C24H26FN3O. The second-order valence-corrected chi connectivity index (χ2v) is 8.36. The zero-order chi connectivity index (χ0) is 19.8. The number of hydrogen-bond donors (Lipinski definition) is 0. The Balaban J connectivity index is 1.50. The van der Waals surface area contributed by atoms with Crippen LogP contribution in [-0.2, 0) is 11.2 Å². The molecule has 2 aromatic carbocycles. The lowest BCUT2D eigenvalue weighted by Gasteiger charge is -2.31. The quantitative estimate of drug-likeness (QED) is 0.788. The number of halogens is 1. The van der Waals surface area contributed by atoms with E-state index in [1.165, 1.54) is 24.1 Å². The molecule has 5 heteroatoms. The Kier molecular flexibility index (Phi) is 4.92. The molecule has 1 amide bonds. The highest BCUT2D eigenvalue weighted by Crippen LogP contribution is 2.43. The van der Waals surface area contributed by atoms with Gasteiger partial charge >= 0.3 is 0 Å². The summed E-state index contributed by atoms with van der Waals surface area (Å²) in [5.41, 5.74) is 4.42. The van der Waals surface area contributed by atoms with Crippen LogP contribution in [-0.4, -0.2) is 41.2 Å². The number of amides is 1. The average molecular weight is 391 g/mol. The van der Waals surface area contributed by atoms with Crippen molar-refractivity contribution in [2.75, 3.05) is 19.6 Å². The van der Waals surface area contributed by atoms with Crippen molar-refractivity contribution in [2.45, 2.75) is 38.1 Å². The van der Waals surface area contributed by atoms with Crippen LogP contribution in [0.2, 0.25) is 0 Å². The van der Waals surface area contributed by atoms with E-state index in [1.54, 1.807) is 17.1 Å². The number of benzene rings is 2. The summed E-state index contributed by atoms with van der Waals surface area (Å²) < 4.78 is 13.6. The highest BCUT2D eigenvalue weighted by atomic mass is 19.1. The summed E-state index contributed by atoms with van der Waals surface area (Å²) in [5, 5.41) is 6.58. The molecule has 0 bridgehead atoms. The van der Waals surface area contributed by atoms with Gasteiger partial charge in [0.1, 0.15) is 5.82 Å². The van der Waals surface area contributed by atoms with Crippen LogP contribution in [0.4, 0.5) is 4.39 Å². The summed E-state index contributed by atoms with van der Waals surface area (Å²) in [6.45, 7) is 2.36. The summed E-state index contributed by atoms with van der Waals surface area (Å²) in [4.78, 5) is 15.6. The van der Waals surface area contributed by atoms with Crippen molar-refractivity contribution in [2.24, 2.45) is 11.0 Å². The number of carbonyl (C=O) groups excluding carboxylic acids is 1. The zero-order valence-corrected chi connectivity index (χ0v) is 16.6. The lowest BCUT2D eigenvalue weighted by molar-refractivity contribution is -0.135. The van der Waals surface area contributed by atoms with Gasteiger partial charge in [-0.05, 0) is 62.0 Å². The number of likely N-dealkylation sites (tertiary alicyclic amines) is 1. The lowest BCUT2D eigenvalue weighted by atomic mass is 9.77. The number of piperidine rings is 1. The van der Waals surface area contributed by atoms with E-state index in [1.807, 2.05) is 6.07 Å². The van der Waals surface area contributed by atoms with Gasteiger partial charge in [-0.15, -0.1) is 0 Å². The van der Waals surface area contributed by atoms with Crippen molar-refractivity contribution >= 4 is 11.6 Å². The van der Waals surface area contributed by atoms with E-state index in [9.17, 15) is 9.18 Å². The minimum atomic E-state index is -0.256. The molecule has 2 heterocycles. The minimum Gasteiger partial charge on any atom is -0.294 e. The number of nitrogens with zero attached hydrogens (tertiary/aromatic N) is 3. The fourth-order valence-electron chi connectivity index (χ4n) is 5.05. The summed E-state index contributed by atoms with van der Waals surface area (Å²) in [5.74, 6) is -0.0608. The number of hydrazone groups is 1. The first-order chi connectivity index (χ1) is 14.2. The normalized spacial score (nSPS) is 24.0. The molecule has 0 radical (unpaired) electrons. The molecule has 3 aliphatic rings. The van der Waals surface area contributed by atoms with E-state index in [-0.39, 0.29) is 23.7 Å². The molecule has 2 aromatic rings. The SMILES string of the molecule is O=C(CN1CCCCC1)N1N=C2c3ccccc3CC[C@@H]2[C@H]1c1ccc(F)cc1. The number of rotatable bonds is 3. The summed E-state index contributed by atoms with van der Waals surface area (Å²) in [7, 11) is 0. The Labute approximate surface area is 171 Å². The fraction of sp³-hybridized carbons (Fsp3) is 0.417. The molecule has 0 spiro atoms. The number of fused-ring (bicyclic) bond motifs is 3. The van der Waals surface area contributed by atoms with Crippen LogP contribution in [0.15, 0.2) is 53.6 Å². The molecule has 0 unspecified atom stereocenters. The maximum atomic E-state index is 13.6. The van der Waals surface area contributed by atoms with Gasteiger partial charge in [0.2, 0.25) is 0 Å². The van der Waals surface area contributed by atoms with Gasteiger partial charge in [0.05, 0.1) is 18.3 Å². The van der Waals surface area contributed by atoms with Crippen molar-refractivity contribution in [1.82, 2.24) is 9.91 Å². The second kappa shape index (κ2) is 7.71. The van der Waals surface area contributed by atoms with E-state index in [0.717, 1.165) is 55.6 Å². The Hall–Kier alpha value is -2.53. The number of carbonyl (C=O) groups is 1. The van der Waals surface area contributed by atoms with Gasteiger partial charge in [-0.1, -0.05) is 42.8 Å². The summed E-state index contributed by atoms with van der Waals surface area (Å²) >= 11 is 0. The van der Waals surface area contributed by atoms with Gasteiger partial charge in [-0.2, -0.15) is 5.10 Å². The van der Waals surface area contributed by atoms with E-state index < -0.39 is 0 Å². The van der Waals surface area contributed by atoms with Gasteiger partial charge in [-0.25, -0.2) is 9.40 Å². The largest absolute Gasteiger partial charge is 0.294 e. The summed E-state index contributed by atoms with van der Waals surface area (Å²) in [6, 6.07) is 14.8. The molecule has 1 fully saturated rings. The third-order valence-electron chi connectivity index (χ3n) is 6.50. The van der Waals surface area contributed by atoms with Gasteiger partial charge in [-0.3, -0.25) is 9.69 Å². The van der Waals surface area contributed by atoms with Gasteiger partial charge in [0.15, 0.2) is 0 Å². The molecule has 4 nitrogen and oxygen atoms in total. The van der Waals surface area contributed by atoms with E-state index >= 15 is 0 Å². The predicted molar refractivity (Wildman–Crippen MR) is 111 cm³/mol. The van der Waals surface area contributed by atoms with Crippen LogP contribution in [0, 0.1) is 11.7 Å². The maximum absolute atomic E-state index is 13.6. The van der Waals surface area contributed by atoms with Crippen LogP contribution in [0.1, 0.15) is 48.4 Å². The Bertz CT molecular complexity index is 933. The van der Waals surface area contributed by atoms with Crippen molar-refractivity contribution < 1.29 is 9.18 Å². The van der Waals surface area contributed by atoms with Crippen molar-refractivity contribution in [1.29, 1.82) is 0 Å². The molecule has 0 N–H and O–H groups in total. The van der Waals surface area contributed by atoms with E-state index in [2.05, 4.69) is 23.1 Å². The first-order valence-electron chi connectivity index (χ1n) is 10.7. The minimum absolute atomic E-state index is 0.0422. The highest BCUT2D eigenvalue weighted by molar-refractivity contribution is 6.06. The Morgan fingerprint density at radius 2 is 1.79 bits per heavy atom. The molecule has 150 valence electrons. The number of hydrogen-bond acceptors (Lipinski definition) is 3. The second-order valence-electron chi connectivity index (χ2n) is 8.36. The first kappa shape index (κ1) is 18.5. The fourth-order valence-corrected chi connectivity index (χ4v) is 5.05. The molecular weight excluding hydrogens is 365 g/mol. The van der Waals surface area contributed by atoms with Gasteiger partial charge in [0, 0.05) is 11.5 Å². The average Bonchev–Trinajstić information content (AvgIpc) is 3.15. The topological polar surface area (TPSA) is 35.9 Å². The molecule has 2 atom stereocenters. The molecule has 0 aromatic heterocycles. The molecule has 29 heavy (non-hydrogen) atoms. The van der Waals surface area contributed by atoms with Gasteiger partial charge < -0.3 is 0 Å². The van der Waals surface area contributed by atoms with Gasteiger partial charge in [0.25, 0.3) is 5.91 Å². The summed E-state index contributed by atoms with van der Waals surface area (Å²) in [6.07, 6.45) is 5.48. The molecule has 1 saturated heterocycles. The smallest absolute Gasteiger partial charge is 0.257 e. The molecule has 5 rings (SSSR count). The highest BCUT2D eigenvalue weighted by Gasteiger charge is 2.43. The van der Waals surface area contributed by atoms with Crippen molar-refractivity contribution in [3.8, 4) is 0 Å². The number of aryl methyl sites for hydroxylation is 1. The van der Waals surface area contributed by atoms with E-state index in [4.69, 9.17) is 5.10 Å². The predicted octanol–water partition coefficient (Wildman–Crippen LogP) is 4.16. The standard InChI is InChI=1S/C24H26FN3O/c25-19-11-8-18(9-12-19)24-21-13-10-17-6-2-3-7-20(17)23(21)26-28(24)22(29)16-27-14-4-1-5-15-27/h2-3,6-9,11-12,21,24H,1,4-5,10,13-16H2/t21-,24+/m0/s1. The van der Waals surface area contributed by atoms with Crippen LogP contribution in [0.3, 0.4) is 0 Å². The molecule has 0 saturated carbocycles. The molecule has 2 aliphatic heterocycles. The van der Waals surface area contributed by atoms with Crippen LogP contribution in [0.5, 0.6) is 0 Å².